The number of ether oxygens (including phenoxy) is 1. The fourth-order valence-corrected chi connectivity index (χ4v) is 2.09. The van der Waals surface area contributed by atoms with Crippen LogP contribution in [0.4, 0.5) is 5.69 Å². The fourth-order valence-electron chi connectivity index (χ4n) is 2.09. The molecule has 0 fully saturated rings. The van der Waals surface area contributed by atoms with Crippen molar-refractivity contribution >= 4 is 11.6 Å². The molecule has 0 radical (unpaired) electrons. The third-order valence-corrected chi connectivity index (χ3v) is 3.46. The molecule has 1 amide bonds. The van der Waals surface area contributed by atoms with Crippen molar-refractivity contribution in [2.75, 3.05) is 12.4 Å². The van der Waals surface area contributed by atoms with E-state index in [1.807, 2.05) is 19.9 Å². The molecule has 0 atom stereocenters. The number of hydrogen-bond acceptors (Lipinski definition) is 3. The van der Waals surface area contributed by atoms with Crippen LogP contribution < -0.4 is 10.1 Å². The summed E-state index contributed by atoms with van der Waals surface area (Å²) in [5, 5.41) is 12.5. The van der Waals surface area contributed by atoms with E-state index in [4.69, 9.17) is 4.74 Å². The molecule has 2 aromatic rings. The number of hydrogen-bond donors (Lipinski definition) is 2. The van der Waals surface area contributed by atoms with E-state index in [0.29, 0.717) is 17.0 Å². The van der Waals surface area contributed by atoms with Crippen molar-refractivity contribution in [1.29, 1.82) is 0 Å². The van der Waals surface area contributed by atoms with E-state index in [1.54, 1.807) is 38.3 Å². The molecule has 0 heterocycles. The average Bonchev–Trinajstić information content (AvgIpc) is 2.45. The Kier molecular flexibility index (Phi) is 4.17. The lowest BCUT2D eigenvalue weighted by molar-refractivity contribution is 0.102. The van der Waals surface area contributed by atoms with Crippen molar-refractivity contribution in [2.45, 2.75) is 20.8 Å². The topological polar surface area (TPSA) is 58.6 Å². The van der Waals surface area contributed by atoms with Crippen molar-refractivity contribution in [3.05, 3.63) is 52.6 Å². The van der Waals surface area contributed by atoms with E-state index < -0.39 is 0 Å². The van der Waals surface area contributed by atoms with Gasteiger partial charge in [0.1, 0.15) is 11.5 Å². The lowest BCUT2D eigenvalue weighted by atomic mass is 10.1. The van der Waals surface area contributed by atoms with Gasteiger partial charge in [-0.05, 0) is 61.7 Å². The fraction of sp³-hybridized carbons (Fsp3) is 0.235. The minimum absolute atomic E-state index is 0.207. The van der Waals surface area contributed by atoms with Crippen LogP contribution in [0.25, 0.3) is 0 Å². The average molecular weight is 285 g/mol. The molecule has 2 N–H and O–H groups in total. The molecule has 110 valence electrons. The van der Waals surface area contributed by atoms with Crippen molar-refractivity contribution in [1.82, 2.24) is 0 Å². The largest absolute Gasteiger partial charge is 0.508 e. The molecule has 0 aliphatic heterocycles. The van der Waals surface area contributed by atoms with E-state index in [1.165, 1.54) is 0 Å². The van der Waals surface area contributed by atoms with Crippen molar-refractivity contribution in [3.8, 4) is 11.5 Å². The highest BCUT2D eigenvalue weighted by atomic mass is 16.5. The Hall–Kier alpha value is -2.49. The van der Waals surface area contributed by atoms with Gasteiger partial charge in [0.2, 0.25) is 0 Å². The highest BCUT2D eigenvalue weighted by Crippen LogP contribution is 2.26. The number of phenols is 1. The first-order valence-corrected chi connectivity index (χ1v) is 6.68. The summed E-state index contributed by atoms with van der Waals surface area (Å²) in [6.07, 6.45) is 0. The van der Waals surface area contributed by atoms with Gasteiger partial charge in [-0.3, -0.25) is 4.79 Å². The molecule has 4 nitrogen and oxygen atoms in total. The Labute approximate surface area is 124 Å². The number of anilines is 1. The maximum absolute atomic E-state index is 12.3. The third-order valence-electron chi connectivity index (χ3n) is 3.46. The smallest absolute Gasteiger partial charge is 0.255 e. The Morgan fingerprint density at radius 3 is 2.43 bits per heavy atom. The van der Waals surface area contributed by atoms with Crippen LogP contribution >= 0.6 is 0 Å². The van der Waals surface area contributed by atoms with E-state index in [-0.39, 0.29) is 11.7 Å². The minimum Gasteiger partial charge on any atom is -0.508 e. The number of methoxy groups -OCH3 is 1. The Morgan fingerprint density at radius 1 is 1.05 bits per heavy atom. The number of carbonyl (C=O) groups excluding carboxylic acids is 1. The molecular weight excluding hydrogens is 266 g/mol. The molecule has 0 bridgehead atoms. The first kappa shape index (κ1) is 14.9. The zero-order valence-electron chi connectivity index (χ0n) is 12.7. The summed E-state index contributed by atoms with van der Waals surface area (Å²) in [6.45, 7) is 5.55. The molecule has 21 heavy (non-hydrogen) atoms. The second-order valence-corrected chi connectivity index (χ2v) is 5.09. The zero-order chi connectivity index (χ0) is 15.6. The van der Waals surface area contributed by atoms with Gasteiger partial charge in [-0.1, -0.05) is 6.07 Å². The van der Waals surface area contributed by atoms with Gasteiger partial charge < -0.3 is 15.2 Å². The second-order valence-electron chi connectivity index (χ2n) is 5.09. The summed E-state index contributed by atoms with van der Waals surface area (Å²) in [5.41, 5.74) is 3.73. The number of phenolic OH excluding ortho intramolecular Hbond substituents is 1. The van der Waals surface area contributed by atoms with Gasteiger partial charge in [-0.2, -0.15) is 0 Å². The van der Waals surface area contributed by atoms with Crippen molar-refractivity contribution in [2.24, 2.45) is 0 Å². The van der Waals surface area contributed by atoms with Crippen LogP contribution in [0.5, 0.6) is 11.5 Å². The van der Waals surface area contributed by atoms with Crippen LogP contribution in [0.15, 0.2) is 30.3 Å². The van der Waals surface area contributed by atoms with Gasteiger partial charge in [0.15, 0.2) is 0 Å². The summed E-state index contributed by atoms with van der Waals surface area (Å²) in [7, 11) is 1.58. The Balaban J connectivity index is 2.28. The molecule has 0 aliphatic carbocycles. The number of benzene rings is 2. The molecule has 0 saturated heterocycles. The van der Waals surface area contributed by atoms with Gasteiger partial charge in [0, 0.05) is 11.3 Å². The Bertz CT molecular complexity index is 693. The first-order chi connectivity index (χ1) is 9.92. The molecule has 2 rings (SSSR count). The molecule has 0 spiro atoms. The van der Waals surface area contributed by atoms with E-state index >= 15 is 0 Å². The predicted octanol–water partition coefficient (Wildman–Crippen LogP) is 3.58. The predicted molar refractivity (Wildman–Crippen MR) is 83.3 cm³/mol. The maximum Gasteiger partial charge on any atom is 0.255 e. The highest BCUT2D eigenvalue weighted by Gasteiger charge is 2.11. The highest BCUT2D eigenvalue weighted by molar-refractivity contribution is 6.05. The number of nitrogens with one attached hydrogen (secondary N) is 1. The summed E-state index contributed by atoms with van der Waals surface area (Å²) in [4.78, 5) is 12.3. The monoisotopic (exact) mass is 285 g/mol. The normalized spacial score (nSPS) is 10.3. The third kappa shape index (κ3) is 3.16. The molecule has 0 aromatic heterocycles. The molecule has 4 heteroatoms. The van der Waals surface area contributed by atoms with Gasteiger partial charge in [-0.15, -0.1) is 0 Å². The summed E-state index contributed by atoms with van der Waals surface area (Å²) in [5.74, 6) is 0.699. The lowest BCUT2D eigenvalue weighted by Gasteiger charge is -2.12. The molecule has 0 saturated carbocycles. The number of amides is 1. The van der Waals surface area contributed by atoms with Crippen molar-refractivity contribution in [3.63, 3.8) is 0 Å². The van der Waals surface area contributed by atoms with Crippen LogP contribution in [-0.4, -0.2) is 18.1 Å². The van der Waals surface area contributed by atoms with Gasteiger partial charge in [0.05, 0.1) is 7.11 Å². The van der Waals surface area contributed by atoms with Crippen LogP contribution in [0, 0.1) is 20.8 Å². The van der Waals surface area contributed by atoms with Crippen LogP contribution in [0.3, 0.4) is 0 Å². The molecular formula is C17H19NO3. The lowest BCUT2D eigenvalue weighted by Crippen LogP contribution is -2.13. The maximum atomic E-state index is 12.3. The Morgan fingerprint density at radius 2 is 1.76 bits per heavy atom. The number of aryl methyl sites for hydroxylation is 3. The number of rotatable bonds is 3. The van der Waals surface area contributed by atoms with Gasteiger partial charge in [-0.25, -0.2) is 0 Å². The van der Waals surface area contributed by atoms with E-state index in [0.717, 1.165) is 16.7 Å². The van der Waals surface area contributed by atoms with E-state index in [2.05, 4.69) is 5.32 Å². The zero-order valence-corrected chi connectivity index (χ0v) is 12.7. The van der Waals surface area contributed by atoms with Crippen molar-refractivity contribution < 1.29 is 14.6 Å². The number of aromatic hydroxyl groups is 1. The number of carbonyl (C=O) groups is 1. The SMILES string of the molecule is COc1cc(C(=O)Nc2cc(C)c(O)cc2C)ccc1C. The van der Waals surface area contributed by atoms with E-state index in [9.17, 15) is 9.90 Å². The second kappa shape index (κ2) is 5.87. The standard InChI is InChI=1S/C17H19NO3/c1-10-5-6-13(9-16(10)21-4)17(20)18-14-7-12(3)15(19)8-11(14)2/h5-9,19H,1-4H3,(H,18,20). The van der Waals surface area contributed by atoms with Crippen LogP contribution in [0.1, 0.15) is 27.0 Å². The van der Waals surface area contributed by atoms with Gasteiger partial charge >= 0.3 is 0 Å². The molecule has 0 unspecified atom stereocenters. The summed E-state index contributed by atoms with van der Waals surface area (Å²) in [6, 6.07) is 8.72. The minimum atomic E-state index is -0.207. The van der Waals surface area contributed by atoms with Gasteiger partial charge in [0.25, 0.3) is 5.91 Å². The van der Waals surface area contributed by atoms with Crippen LogP contribution in [-0.2, 0) is 0 Å². The molecule has 2 aromatic carbocycles. The quantitative estimate of drug-likeness (QED) is 0.847. The molecule has 0 aliphatic rings. The summed E-state index contributed by atoms with van der Waals surface area (Å²) >= 11 is 0. The first-order valence-electron chi connectivity index (χ1n) is 6.68. The summed E-state index contributed by atoms with van der Waals surface area (Å²) < 4.78 is 5.23. The van der Waals surface area contributed by atoms with Crippen LogP contribution in [0.2, 0.25) is 0 Å².